The Kier molecular flexibility index (Phi) is 42.4. The molecule has 0 aromatic rings. The highest BCUT2D eigenvalue weighted by Crippen LogP contribution is 2.16. The number of carboxylic acids is 1. The largest absolute Gasteiger partial charge is 0.480 e. The molecule has 2 atom stereocenters. The molecular formula is C51H88N2O5. The third-order valence-electron chi connectivity index (χ3n) is 10.2. The van der Waals surface area contributed by atoms with Gasteiger partial charge in [-0.15, -0.1) is 0 Å². The monoisotopic (exact) mass is 809 g/mol. The molecule has 7 nitrogen and oxygen atoms in total. The molecule has 0 saturated carbocycles. The van der Waals surface area contributed by atoms with Crippen LogP contribution >= 0.6 is 0 Å². The minimum absolute atomic E-state index is 0.139. The van der Waals surface area contributed by atoms with Gasteiger partial charge in [-0.05, 0) is 109 Å². The Balaban J connectivity index is 4.27. The number of esters is 1. The van der Waals surface area contributed by atoms with Crippen LogP contribution in [0.4, 0.5) is 0 Å². The van der Waals surface area contributed by atoms with Crippen molar-refractivity contribution < 1.29 is 24.2 Å². The molecule has 0 heterocycles. The average Bonchev–Trinajstić information content (AvgIpc) is 3.21. The number of allylic oxidation sites excluding steroid dienone is 11. The topological polar surface area (TPSA) is 119 Å². The van der Waals surface area contributed by atoms with Crippen LogP contribution < -0.4 is 11.1 Å². The summed E-state index contributed by atoms with van der Waals surface area (Å²) >= 11 is 0. The smallest absolute Gasteiger partial charge is 0.326 e. The van der Waals surface area contributed by atoms with Crippen molar-refractivity contribution in [2.45, 2.75) is 225 Å². The second kappa shape index (κ2) is 44.9. The van der Waals surface area contributed by atoms with Gasteiger partial charge in [0.15, 0.2) is 0 Å². The second-order valence-electron chi connectivity index (χ2n) is 15.8. The molecule has 332 valence electrons. The quantitative estimate of drug-likeness (QED) is 0.0321. The molecule has 0 aliphatic carbocycles. The molecular weight excluding hydrogens is 721 g/mol. The van der Waals surface area contributed by atoms with Crippen LogP contribution in [0, 0.1) is 0 Å². The number of carbonyl (C=O) groups excluding carboxylic acids is 2. The van der Waals surface area contributed by atoms with E-state index >= 15 is 0 Å². The van der Waals surface area contributed by atoms with Crippen molar-refractivity contribution in [3.05, 3.63) is 72.9 Å². The van der Waals surface area contributed by atoms with Gasteiger partial charge in [-0.3, -0.25) is 9.59 Å². The van der Waals surface area contributed by atoms with E-state index in [9.17, 15) is 19.5 Å². The summed E-state index contributed by atoms with van der Waals surface area (Å²) in [4.78, 5) is 36.5. The summed E-state index contributed by atoms with van der Waals surface area (Å²) in [5.74, 6) is -1.42. The molecule has 0 fully saturated rings. The first kappa shape index (κ1) is 54.8. The van der Waals surface area contributed by atoms with Crippen molar-refractivity contribution in [3.63, 3.8) is 0 Å². The number of hydrogen-bond donors (Lipinski definition) is 3. The third-order valence-corrected chi connectivity index (χ3v) is 10.2. The highest BCUT2D eigenvalue weighted by molar-refractivity contribution is 5.83. The lowest BCUT2D eigenvalue weighted by Crippen LogP contribution is -2.40. The normalized spacial score (nSPS) is 13.3. The van der Waals surface area contributed by atoms with E-state index in [1.165, 1.54) is 103 Å². The van der Waals surface area contributed by atoms with Crippen molar-refractivity contribution >= 4 is 17.8 Å². The van der Waals surface area contributed by atoms with Gasteiger partial charge in [0.25, 0.3) is 0 Å². The van der Waals surface area contributed by atoms with E-state index in [-0.39, 0.29) is 24.4 Å². The summed E-state index contributed by atoms with van der Waals surface area (Å²) in [6, 6.07) is -0.895. The van der Waals surface area contributed by atoms with Gasteiger partial charge in [0.05, 0.1) is 0 Å². The molecule has 0 spiro atoms. The highest BCUT2D eigenvalue weighted by atomic mass is 16.5. The van der Waals surface area contributed by atoms with Gasteiger partial charge in [-0.2, -0.15) is 0 Å². The van der Waals surface area contributed by atoms with E-state index in [2.05, 4.69) is 86.0 Å². The predicted octanol–water partition coefficient (Wildman–Crippen LogP) is 13.9. The molecule has 1 amide bonds. The maximum Gasteiger partial charge on any atom is 0.326 e. The summed E-state index contributed by atoms with van der Waals surface area (Å²) in [6.07, 6.45) is 58.3. The molecule has 2 unspecified atom stereocenters. The van der Waals surface area contributed by atoms with Gasteiger partial charge in [0.1, 0.15) is 12.1 Å². The van der Waals surface area contributed by atoms with Crippen LogP contribution in [0.1, 0.15) is 213 Å². The molecule has 0 aromatic carbocycles. The number of hydrogen-bond acceptors (Lipinski definition) is 5. The first-order chi connectivity index (χ1) is 28.4. The van der Waals surface area contributed by atoms with E-state index < -0.39 is 12.0 Å². The number of nitrogens with two attached hydrogens (primary N) is 1. The molecule has 7 heteroatoms. The van der Waals surface area contributed by atoms with E-state index in [4.69, 9.17) is 10.5 Å². The van der Waals surface area contributed by atoms with E-state index in [1.54, 1.807) is 0 Å². The summed E-state index contributed by atoms with van der Waals surface area (Å²) < 4.78 is 5.91. The zero-order valence-corrected chi connectivity index (χ0v) is 37.4. The molecule has 0 rings (SSSR count). The third kappa shape index (κ3) is 41.0. The van der Waals surface area contributed by atoms with Crippen LogP contribution in [0.15, 0.2) is 72.9 Å². The fourth-order valence-corrected chi connectivity index (χ4v) is 6.68. The second-order valence-corrected chi connectivity index (χ2v) is 15.8. The van der Waals surface area contributed by atoms with Crippen molar-refractivity contribution in [3.8, 4) is 0 Å². The number of nitrogens with one attached hydrogen (secondary N) is 1. The Morgan fingerprint density at radius 2 is 1.00 bits per heavy atom. The lowest BCUT2D eigenvalue weighted by molar-refractivity contribution is -0.147. The van der Waals surface area contributed by atoms with Crippen molar-refractivity contribution in [2.75, 3.05) is 6.54 Å². The Labute approximate surface area is 356 Å². The molecule has 0 saturated heterocycles. The predicted molar refractivity (Wildman–Crippen MR) is 248 cm³/mol. The first-order valence-corrected chi connectivity index (χ1v) is 23.8. The Morgan fingerprint density at radius 1 is 0.534 bits per heavy atom. The lowest BCUT2D eigenvalue weighted by Gasteiger charge is -2.15. The molecule has 0 radical (unpaired) electrons. The average molecular weight is 809 g/mol. The number of unbranched alkanes of at least 4 members (excludes halogenated alkanes) is 18. The minimum atomic E-state index is -1.03. The molecule has 4 N–H and O–H groups in total. The molecule has 0 aliphatic rings. The van der Waals surface area contributed by atoms with Gasteiger partial charge >= 0.3 is 11.9 Å². The Bertz CT molecular complexity index is 1140. The summed E-state index contributed by atoms with van der Waals surface area (Å²) in [5.41, 5.74) is 5.50. The van der Waals surface area contributed by atoms with Crippen molar-refractivity contribution in [2.24, 2.45) is 5.73 Å². The van der Waals surface area contributed by atoms with E-state index in [1.807, 2.05) is 6.08 Å². The standard InChI is InChI=1S/C51H88N2O5/c1-3-5-7-9-11-13-15-16-17-18-19-20-21-22-23-24-25-26-28-30-32-34-39-45-50(55)58-47(41-36-33-31-29-27-14-12-10-8-6-4-2)42-37-35-38-44-49(54)53-48(51(56)57)43-40-46-52/h6,8,12,14-16,18-19,29,31,36,41,47-48H,3-5,7,9-11,13,17,20-28,30,32-35,37-40,42-46,52H2,1-2H3,(H,53,54)(H,56,57)/b8-6-,14-12-,16-15-,19-18-,31-29-,41-36-. The van der Waals surface area contributed by atoms with Crippen LogP contribution in [-0.4, -0.2) is 41.6 Å². The Hall–Kier alpha value is -3.19. The minimum Gasteiger partial charge on any atom is -0.480 e. The van der Waals surface area contributed by atoms with Crippen LogP contribution in [-0.2, 0) is 19.1 Å². The van der Waals surface area contributed by atoms with Crippen LogP contribution in [0.2, 0.25) is 0 Å². The van der Waals surface area contributed by atoms with Gasteiger partial charge in [-0.25, -0.2) is 4.79 Å². The zero-order valence-electron chi connectivity index (χ0n) is 37.4. The van der Waals surface area contributed by atoms with Crippen LogP contribution in [0.3, 0.4) is 0 Å². The molecule has 0 aromatic heterocycles. The molecule has 0 aliphatic heterocycles. The highest BCUT2D eigenvalue weighted by Gasteiger charge is 2.19. The first-order valence-electron chi connectivity index (χ1n) is 23.8. The fraction of sp³-hybridized carbons (Fsp3) is 0.706. The van der Waals surface area contributed by atoms with Crippen molar-refractivity contribution in [1.82, 2.24) is 5.32 Å². The van der Waals surface area contributed by atoms with Crippen LogP contribution in [0.25, 0.3) is 0 Å². The number of ether oxygens (including phenoxy) is 1. The van der Waals surface area contributed by atoms with Gasteiger partial charge < -0.3 is 20.9 Å². The van der Waals surface area contributed by atoms with Gasteiger partial charge in [-0.1, -0.05) is 171 Å². The summed E-state index contributed by atoms with van der Waals surface area (Å²) in [6.45, 7) is 4.80. The van der Waals surface area contributed by atoms with E-state index in [0.29, 0.717) is 38.6 Å². The maximum absolute atomic E-state index is 12.8. The van der Waals surface area contributed by atoms with E-state index in [0.717, 1.165) is 57.8 Å². The SMILES string of the molecule is CC/C=C\C/C=C\C/C=C\C/C=C\C(CCCCCC(=O)NC(CCCN)C(=O)O)OC(=O)CCCCCCCCCCCCC/C=C\C/C=C\CCCCCCC. The van der Waals surface area contributed by atoms with Crippen molar-refractivity contribution in [1.29, 1.82) is 0 Å². The molecule has 0 bridgehead atoms. The lowest BCUT2D eigenvalue weighted by atomic mass is 10.0. The van der Waals surface area contributed by atoms with Gasteiger partial charge in [0.2, 0.25) is 5.91 Å². The molecule has 58 heavy (non-hydrogen) atoms. The fourth-order valence-electron chi connectivity index (χ4n) is 6.68. The number of amides is 1. The number of carboxylic acid groups (broad SMARTS) is 1. The van der Waals surface area contributed by atoms with Gasteiger partial charge in [0, 0.05) is 12.8 Å². The maximum atomic E-state index is 12.8. The zero-order chi connectivity index (χ0) is 42.4. The number of carbonyl (C=O) groups is 3. The summed E-state index contributed by atoms with van der Waals surface area (Å²) in [7, 11) is 0. The summed E-state index contributed by atoms with van der Waals surface area (Å²) in [5, 5.41) is 12.0. The number of aliphatic carboxylic acids is 1. The van der Waals surface area contributed by atoms with Crippen LogP contribution in [0.5, 0.6) is 0 Å². The Morgan fingerprint density at radius 3 is 1.53 bits per heavy atom. The number of rotatable bonds is 42.